The minimum atomic E-state index is -4.43. The summed E-state index contributed by atoms with van der Waals surface area (Å²) in [5.74, 6) is 0. The molecule has 5 rings (SSSR count). The smallest absolute Gasteiger partial charge is 0.345 e. The van der Waals surface area contributed by atoms with Gasteiger partial charge in [0.05, 0.1) is 21.6 Å². The third kappa shape index (κ3) is 4.82. The van der Waals surface area contributed by atoms with E-state index in [2.05, 4.69) is 9.29 Å². The van der Waals surface area contributed by atoms with Crippen molar-refractivity contribution in [1.29, 1.82) is 0 Å². The van der Waals surface area contributed by atoms with E-state index in [1.807, 2.05) is 51.6 Å². The first kappa shape index (κ1) is 24.6. The number of aromatic nitrogens is 3. The Balaban J connectivity index is 1.30. The first-order valence-corrected chi connectivity index (χ1v) is 13.8. The first-order chi connectivity index (χ1) is 16.8. The maximum Gasteiger partial charge on any atom is 0.434 e. The second-order valence-electron chi connectivity index (χ2n) is 7.72. The Kier molecular flexibility index (Phi) is 6.83. The van der Waals surface area contributed by atoms with Crippen LogP contribution in [0, 0.1) is 0 Å². The van der Waals surface area contributed by atoms with Crippen molar-refractivity contribution in [2.75, 3.05) is 37.3 Å². The summed E-state index contributed by atoms with van der Waals surface area (Å²) in [5.41, 5.74) is 0.545. The van der Waals surface area contributed by atoms with Gasteiger partial charge in [-0.15, -0.1) is 11.3 Å². The molecule has 2 aromatic carbocycles. The van der Waals surface area contributed by atoms with Crippen molar-refractivity contribution < 1.29 is 13.2 Å². The molecular weight excluding hydrogens is 539 g/mol. The molecule has 0 bridgehead atoms. The summed E-state index contributed by atoms with van der Waals surface area (Å²) < 4.78 is 44.1. The highest BCUT2D eigenvalue weighted by Crippen LogP contribution is 2.35. The molecule has 1 saturated heterocycles. The Morgan fingerprint density at radius 3 is 2.49 bits per heavy atom. The zero-order chi connectivity index (χ0) is 24.7. The van der Waals surface area contributed by atoms with Crippen LogP contribution in [0.5, 0.6) is 0 Å². The van der Waals surface area contributed by atoms with E-state index in [4.69, 9.17) is 11.6 Å². The molecule has 0 N–H and O–H groups in total. The molecule has 1 aliphatic rings. The fraction of sp³-hybridized carbons (Fsp3) is 0.273. The molecule has 35 heavy (non-hydrogen) atoms. The molecule has 0 amide bonds. The van der Waals surface area contributed by atoms with Crippen molar-refractivity contribution in [3.63, 3.8) is 0 Å². The van der Waals surface area contributed by atoms with Crippen LogP contribution in [0.25, 0.3) is 16.6 Å². The van der Waals surface area contributed by atoms with Crippen molar-refractivity contribution in [2.24, 2.45) is 0 Å². The van der Waals surface area contributed by atoms with E-state index in [1.54, 1.807) is 10.7 Å². The number of thiazole rings is 1. The number of halogens is 4. The molecule has 184 valence electrons. The Bertz CT molecular complexity index is 1430. The zero-order valence-electron chi connectivity index (χ0n) is 18.3. The van der Waals surface area contributed by atoms with E-state index in [-0.39, 0.29) is 5.56 Å². The molecule has 3 heterocycles. The topological polar surface area (TPSA) is 46.3 Å². The van der Waals surface area contributed by atoms with Crippen LogP contribution in [0.1, 0.15) is 5.69 Å². The van der Waals surface area contributed by atoms with Crippen LogP contribution in [-0.4, -0.2) is 50.5 Å². The lowest BCUT2D eigenvalue weighted by Crippen LogP contribution is -2.43. The fourth-order valence-electron chi connectivity index (χ4n) is 3.87. The predicted molar refractivity (Wildman–Crippen MR) is 138 cm³/mol. The summed E-state index contributed by atoms with van der Waals surface area (Å²) in [4.78, 5) is 19.5. The molecule has 6 nitrogen and oxygen atoms in total. The van der Waals surface area contributed by atoms with Gasteiger partial charge in [-0.3, -0.25) is 4.79 Å². The highest BCUT2D eigenvalue weighted by Gasteiger charge is 2.34. The average molecular weight is 558 g/mol. The summed E-state index contributed by atoms with van der Waals surface area (Å²) in [6.45, 7) is 2.42. The van der Waals surface area contributed by atoms with E-state index in [0.29, 0.717) is 47.4 Å². The van der Waals surface area contributed by atoms with Crippen LogP contribution in [-0.2, 0) is 6.18 Å². The summed E-state index contributed by atoms with van der Waals surface area (Å²) in [6.07, 6.45) is -2.52. The van der Waals surface area contributed by atoms with Crippen molar-refractivity contribution in [3.05, 3.63) is 68.9 Å². The minimum Gasteiger partial charge on any atom is -0.345 e. The largest absolute Gasteiger partial charge is 0.434 e. The van der Waals surface area contributed by atoms with E-state index >= 15 is 0 Å². The van der Waals surface area contributed by atoms with E-state index in [9.17, 15) is 18.0 Å². The fourth-order valence-corrected chi connectivity index (χ4v) is 6.62. The monoisotopic (exact) mass is 557 g/mol. The molecular formula is C22H19ClF3N5OS3. The van der Waals surface area contributed by atoms with Crippen LogP contribution >= 0.6 is 46.8 Å². The van der Waals surface area contributed by atoms with Crippen molar-refractivity contribution in [2.45, 2.75) is 11.1 Å². The second-order valence-corrected chi connectivity index (χ2v) is 10.8. The maximum atomic E-state index is 13.0. The van der Waals surface area contributed by atoms with Crippen LogP contribution in [0.15, 0.2) is 57.5 Å². The van der Waals surface area contributed by atoms with Gasteiger partial charge in [0.25, 0.3) is 5.56 Å². The van der Waals surface area contributed by atoms with E-state index < -0.39 is 11.9 Å². The lowest BCUT2D eigenvalue weighted by molar-refractivity contribution is -0.140. The maximum absolute atomic E-state index is 13.0. The number of hydrogen-bond donors (Lipinski definition) is 0. The number of anilines is 1. The SMILES string of the molecule is CSn1c2ccccc2c(=O)n1-c1ccc(SN2CCN(c3nc(C(F)(F)F)cs3)CC2)c(Cl)c1. The van der Waals surface area contributed by atoms with Gasteiger partial charge < -0.3 is 4.90 Å². The summed E-state index contributed by atoms with van der Waals surface area (Å²) >= 11 is 10.6. The normalized spacial score (nSPS) is 15.3. The van der Waals surface area contributed by atoms with Crippen LogP contribution in [0.4, 0.5) is 18.3 Å². The van der Waals surface area contributed by atoms with E-state index in [1.165, 1.54) is 23.9 Å². The predicted octanol–water partition coefficient (Wildman–Crippen LogP) is 5.88. The number of alkyl halides is 3. The number of rotatable bonds is 5. The summed E-state index contributed by atoms with van der Waals surface area (Å²) in [6, 6.07) is 13.0. The molecule has 0 unspecified atom stereocenters. The molecule has 0 saturated carbocycles. The molecule has 13 heteroatoms. The molecule has 1 fully saturated rings. The van der Waals surface area contributed by atoms with Gasteiger partial charge in [0.1, 0.15) is 0 Å². The van der Waals surface area contributed by atoms with Crippen molar-refractivity contribution in [3.8, 4) is 5.69 Å². The van der Waals surface area contributed by atoms with Gasteiger partial charge in [-0.25, -0.2) is 18.1 Å². The standard InChI is InChI=1S/C22H19ClF3N5OS3/c1-33-31-17-5-3-2-4-15(17)20(32)30(31)14-6-7-18(16(23)12-14)35-29-10-8-28(9-11-29)21-27-19(13-34-21)22(24,25)26/h2-7,12-13H,8-11H2,1H3. The third-order valence-electron chi connectivity index (χ3n) is 5.57. The van der Waals surface area contributed by atoms with Gasteiger partial charge >= 0.3 is 6.18 Å². The first-order valence-electron chi connectivity index (χ1n) is 10.5. The quantitative estimate of drug-likeness (QED) is 0.286. The lowest BCUT2D eigenvalue weighted by Gasteiger charge is -2.33. The van der Waals surface area contributed by atoms with Crippen molar-refractivity contribution >= 4 is 62.9 Å². The Labute approximate surface area is 216 Å². The molecule has 0 radical (unpaired) electrons. The Morgan fingerprint density at radius 1 is 1.09 bits per heavy atom. The highest BCUT2D eigenvalue weighted by atomic mass is 35.5. The number of piperazine rings is 1. The third-order valence-corrected chi connectivity index (χ3v) is 8.77. The summed E-state index contributed by atoms with van der Waals surface area (Å²) in [7, 11) is 0. The van der Waals surface area contributed by atoms with Crippen molar-refractivity contribution in [1.82, 2.24) is 18.1 Å². The number of para-hydroxylation sites is 1. The zero-order valence-corrected chi connectivity index (χ0v) is 21.5. The number of fused-ring (bicyclic) bond motifs is 1. The van der Waals surface area contributed by atoms with Crippen LogP contribution in [0.3, 0.4) is 0 Å². The highest BCUT2D eigenvalue weighted by molar-refractivity contribution is 7.97. The van der Waals surface area contributed by atoms with Gasteiger partial charge in [-0.1, -0.05) is 23.7 Å². The Morgan fingerprint density at radius 2 is 1.83 bits per heavy atom. The molecule has 0 atom stereocenters. The number of hydrogen-bond acceptors (Lipinski definition) is 7. The molecule has 0 spiro atoms. The van der Waals surface area contributed by atoms with Crippen LogP contribution in [0.2, 0.25) is 5.02 Å². The van der Waals surface area contributed by atoms with Gasteiger partial charge in [-0.05, 0) is 54.2 Å². The minimum absolute atomic E-state index is 0.113. The Hall–Kier alpha value is -2.12. The molecule has 4 aromatic rings. The lowest BCUT2D eigenvalue weighted by atomic mass is 10.2. The number of nitrogens with zero attached hydrogens (tertiary/aromatic N) is 5. The van der Waals surface area contributed by atoms with Crippen LogP contribution < -0.4 is 10.5 Å². The molecule has 0 aliphatic carbocycles. The summed E-state index contributed by atoms with van der Waals surface area (Å²) in [5, 5.41) is 2.60. The average Bonchev–Trinajstić information content (AvgIpc) is 3.45. The van der Waals surface area contributed by atoms with Gasteiger partial charge in [-0.2, -0.15) is 13.2 Å². The van der Waals surface area contributed by atoms with Gasteiger partial charge in [0.15, 0.2) is 10.8 Å². The van der Waals surface area contributed by atoms with E-state index in [0.717, 1.165) is 27.1 Å². The second kappa shape index (κ2) is 9.74. The molecule has 1 aliphatic heterocycles. The van der Waals surface area contributed by atoms with Gasteiger partial charge in [0, 0.05) is 42.7 Å². The number of benzene rings is 2. The molecule has 2 aromatic heterocycles. The van der Waals surface area contributed by atoms with Gasteiger partial charge in [0.2, 0.25) is 0 Å².